The molecule has 84 valence electrons. The molecule has 0 unspecified atom stereocenters. The highest BCUT2D eigenvalue weighted by Crippen LogP contribution is 2.17. The van der Waals surface area contributed by atoms with Gasteiger partial charge in [0.05, 0.1) is 0 Å². The maximum Gasteiger partial charge on any atom is 0.270 e. The molecule has 0 aliphatic heterocycles. The van der Waals surface area contributed by atoms with Crippen LogP contribution in [0.1, 0.15) is 21.0 Å². The molecule has 6 heteroatoms. The smallest absolute Gasteiger partial charge is 0.270 e. The number of hydrogen-bond donors (Lipinski definition) is 0. The Morgan fingerprint density at radius 1 is 1.31 bits per heavy atom. The Morgan fingerprint density at radius 3 is 2.19 bits per heavy atom. The van der Waals surface area contributed by atoms with E-state index in [2.05, 4.69) is 11.6 Å². The second-order valence-corrected chi connectivity index (χ2v) is 3.41. The quantitative estimate of drug-likeness (QED) is 0.602. The number of rotatable bonds is 5. The van der Waals surface area contributed by atoms with Gasteiger partial charge >= 0.3 is 0 Å². The van der Waals surface area contributed by atoms with Crippen molar-refractivity contribution in [1.82, 2.24) is 4.98 Å². The minimum Gasteiger partial charge on any atom is -0.489 e. The first kappa shape index (κ1) is 12.7. The monoisotopic (exact) mass is 259 g/mol. The van der Waals surface area contributed by atoms with E-state index in [9.17, 15) is 9.59 Å². The Labute approximate surface area is 102 Å². The topological polar surface area (TPSA) is 56.3 Å². The highest BCUT2D eigenvalue weighted by molar-refractivity contribution is 6.68. The van der Waals surface area contributed by atoms with Crippen LogP contribution in [-0.4, -0.2) is 22.1 Å². The zero-order valence-electron chi connectivity index (χ0n) is 8.07. The number of carbonyl (C=O) groups excluding carboxylic acids is 2. The molecule has 0 spiro atoms. The molecule has 0 atom stereocenters. The number of aromatic nitrogens is 1. The molecule has 0 saturated carbocycles. The van der Waals surface area contributed by atoms with Crippen molar-refractivity contribution in [3.05, 3.63) is 36.2 Å². The van der Waals surface area contributed by atoms with Crippen LogP contribution in [0.3, 0.4) is 0 Å². The van der Waals surface area contributed by atoms with Crippen molar-refractivity contribution in [2.24, 2.45) is 0 Å². The lowest BCUT2D eigenvalue weighted by Gasteiger charge is -2.05. The summed E-state index contributed by atoms with van der Waals surface area (Å²) < 4.78 is 5.16. The molecule has 0 N–H and O–H groups in total. The summed E-state index contributed by atoms with van der Waals surface area (Å²) in [4.78, 5) is 25.5. The number of carbonyl (C=O) groups is 2. The zero-order valence-corrected chi connectivity index (χ0v) is 9.59. The van der Waals surface area contributed by atoms with E-state index in [0.29, 0.717) is 0 Å². The van der Waals surface area contributed by atoms with Gasteiger partial charge in [-0.1, -0.05) is 12.7 Å². The first-order valence-electron chi connectivity index (χ1n) is 4.20. The van der Waals surface area contributed by atoms with Crippen molar-refractivity contribution >= 4 is 33.7 Å². The van der Waals surface area contributed by atoms with Crippen LogP contribution in [0, 0.1) is 0 Å². The van der Waals surface area contributed by atoms with Crippen LogP contribution in [0.25, 0.3) is 0 Å². The van der Waals surface area contributed by atoms with Gasteiger partial charge < -0.3 is 4.74 Å². The SMILES string of the molecule is C=CCOc1cc(C(=O)Cl)nc(C(=O)Cl)c1. The molecule has 0 radical (unpaired) electrons. The molecule has 4 nitrogen and oxygen atoms in total. The van der Waals surface area contributed by atoms with Crippen molar-refractivity contribution in [2.75, 3.05) is 6.61 Å². The van der Waals surface area contributed by atoms with E-state index in [1.54, 1.807) is 0 Å². The molecule has 0 amide bonds. The predicted molar refractivity (Wildman–Crippen MR) is 60.3 cm³/mol. The van der Waals surface area contributed by atoms with Crippen molar-refractivity contribution in [1.29, 1.82) is 0 Å². The van der Waals surface area contributed by atoms with Gasteiger partial charge in [-0.2, -0.15) is 0 Å². The maximum atomic E-state index is 10.9. The maximum absolute atomic E-state index is 10.9. The van der Waals surface area contributed by atoms with Gasteiger partial charge in [0.25, 0.3) is 10.5 Å². The van der Waals surface area contributed by atoms with Crippen molar-refractivity contribution in [3.63, 3.8) is 0 Å². The minimum absolute atomic E-state index is 0.0905. The van der Waals surface area contributed by atoms with E-state index >= 15 is 0 Å². The lowest BCUT2D eigenvalue weighted by atomic mass is 10.3. The fraction of sp³-hybridized carbons (Fsp3) is 0.100. The Hall–Kier alpha value is -1.39. The summed E-state index contributed by atoms with van der Waals surface area (Å²) in [6.45, 7) is 3.70. The minimum atomic E-state index is -0.789. The zero-order chi connectivity index (χ0) is 12.1. The molecule has 0 bridgehead atoms. The second kappa shape index (κ2) is 5.63. The van der Waals surface area contributed by atoms with Crippen LogP contribution >= 0.6 is 23.2 Å². The third kappa shape index (κ3) is 3.32. The third-order valence-electron chi connectivity index (χ3n) is 1.57. The van der Waals surface area contributed by atoms with Gasteiger partial charge in [-0.05, 0) is 23.2 Å². The first-order chi connectivity index (χ1) is 7.54. The Morgan fingerprint density at radius 2 is 1.81 bits per heavy atom. The van der Waals surface area contributed by atoms with Crippen LogP contribution < -0.4 is 4.74 Å². The Kier molecular flexibility index (Phi) is 4.46. The van der Waals surface area contributed by atoms with Crippen LogP contribution in [0.5, 0.6) is 5.75 Å². The lowest BCUT2D eigenvalue weighted by molar-refractivity contribution is 0.107. The molecule has 1 aromatic rings. The van der Waals surface area contributed by atoms with E-state index in [0.717, 1.165) is 0 Å². The molecular formula is C10H7Cl2NO3. The summed E-state index contributed by atoms with van der Waals surface area (Å²) >= 11 is 10.5. The number of halogens is 2. The Balaban J connectivity index is 3.13. The predicted octanol–water partition coefficient (Wildman–Crippen LogP) is 2.40. The fourth-order valence-corrected chi connectivity index (χ4v) is 1.14. The number of ether oxygens (including phenoxy) is 1. The molecule has 0 aliphatic rings. The van der Waals surface area contributed by atoms with Crippen LogP contribution in [0.4, 0.5) is 0 Å². The number of pyridine rings is 1. The Bertz CT molecular complexity index is 413. The summed E-state index contributed by atoms with van der Waals surface area (Å²) in [5.74, 6) is 0.280. The lowest BCUT2D eigenvalue weighted by Crippen LogP contribution is -2.04. The van der Waals surface area contributed by atoms with Crippen molar-refractivity contribution in [3.8, 4) is 5.75 Å². The highest BCUT2D eigenvalue weighted by Gasteiger charge is 2.12. The van der Waals surface area contributed by atoms with E-state index in [1.165, 1.54) is 18.2 Å². The van der Waals surface area contributed by atoms with E-state index in [1.807, 2.05) is 0 Å². The molecular weight excluding hydrogens is 253 g/mol. The van der Waals surface area contributed by atoms with Crippen LogP contribution in [0.15, 0.2) is 24.8 Å². The third-order valence-corrected chi connectivity index (χ3v) is 1.96. The molecule has 0 aromatic carbocycles. The fourth-order valence-electron chi connectivity index (χ4n) is 0.945. The van der Waals surface area contributed by atoms with Gasteiger partial charge in [0.1, 0.15) is 23.7 Å². The van der Waals surface area contributed by atoms with Crippen molar-refractivity contribution < 1.29 is 14.3 Å². The van der Waals surface area contributed by atoms with E-state index < -0.39 is 10.5 Å². The summed E-state index contributed by atoms with van der Waals surface area (Å²) in [6, 6.07) is 2.64. The highest BCUT2D eigenvalue weighted by atomic mass is 35.5. The van der Waals surface area contributed by atoms with Gasteiger partial charge in [-0.25, -0.2) is 4.98 Å². The molecule has 0 fully saturated rings. The van der Waals surface area contributed by atoms with Crippen LogP contribution in [-0.2, 0) is 0 Å². The summed E-state index contributed by atoms with van der Waals surface area (Å²) in [5.41, 5.74) is -0.181. The molecule has 0 saturated heterocycles. The first-order valence-corrected chi connectivity index (χ1v) is 4.95. The normalized spacial score (nSPS) is 9.62. The van der Waals surface area contributed by atoms with E-state index in [4.69, 9.17) is 27.9 Å². The molecule has 1 aromatic heterocycles. The van der Waals surface area contributed by atoms with Gasteiger partial charge in [0, 0.05) is 12.1 Å². The number of hydrogen-bond acceptors (Lipinski definition) is 4. The average Bonchev–Trinajstić information content (AvgIpc) is 2.25. The van der Waals surface area contributed by atoms with Crippen LogP contribution in [0.2, 0.25) is 0 Å². The summed E-state index contributed by atoms with van der Waals surface area (Å²) in [6.07, 6.45) is 1.52. The van der Waals surface area contributed by atoms with Gasteiger partial charge in [0.2, 0.25) is 0 Å². The summed E-state index contributed by atoms with van der Waals surface area (Å²) in [7, 11) is 0. The molecule has 1 heterocycles. The van der Waals surface area contributed by atoms with Gasteiger partial charge in [-0.15, -0.1) is 0 Å². The standard InChI is InChI=1S/C10H7Cl2NO3/c1-2-3-16-6-4-7(9(11)14)13-8(5-6)10(12)15/h2,4-5H,1,3H2. The molecule has 1 rings (SSSR count). The molecule has 16 heavy (non-hydrogen) atoms. The van der Waals surface area contributed by atoms with Crippen molar-refractivity contribution in [2.45, 2.75) is 0 Å². The van der Waals surface area contributed by atoms with Gasteiger partial charge in [-0.3, -0.25) is 9.59 Å². The average molecular weight is 260 g/mol. The second-order valence-electron chi connectivity index (χ2n) is 2.72. The number of nitrogens with zero attached hydrogens (tertiary/aromatic N) is 1. The largest absolute Gasteiger partial charge is 0.489 e. The van der Waals surface area contributed by atoms with E-state index in [-0.39, 0.29) is 23.7 Å². The molecule has 0 aliphatic carbocycles. The van der Waals surface area contributed by atoms with Gasteiger partial charge in [0.15, 0.2) is 0 Å². The summed E-state index contributed by atoms with van der Waals surface area (Å²) in [5, 5.41) is -1.58.